The molecule has 0 radical (unpaired) electrons. The minimum absolute atomic E-state index is 0.0389. The van der Waals surface area contributed by atoms with Crippen LogP contribution in [0.15, 0.2) is 42.6 Å². The quantitative estimate of drug-likeness (QED) is 0.860. The first-order chi connectivity index (χ1) is 11.3. The molecule has 8 heteroatoms. The smallest absolute Gasteiger partial charge is 0.238 e. The Morgan fingerprint density at radius 3 is 2.75 bits per heavy atom. The Kier molecular flexibility index (Phi) is 5.50. The highest BCUT2D eigenvalue weighted by Crippen LogP contribution is 2.23. The van der Waals surface area contributed by atoms with Crippen LogP contribution in [0.25, 0.3) is 0 Å². The van der Waals surface area contributed by atoms with E-state index in [1.54, 1.807) is 18.2 Å². The largest absolute Gasteiger partial charge is 0.439 e. The van der Waals surface area contributed by atoms with Gasteiger partial charge in [-0.15, -0.1) is 0 Å². The van der Waals surface area contributed by atoms with E-state index in [1.165, 1.54) is 31.3 Å². The van der Waals surface area contributed by atoms with Crippen LogP contribution in [0.4, 0.5) is 4.39 Å². The summed E-state index contributed by atoms with van der Waals surface area (Å²) in [5, 5.41) is 1.38. The first-order valence-corrected chi connectivity index (χ1v) is 9.06. The fourth-order valence-electron chi connectivity index (χ4n) is 1.81. The Labute approximate surface area is 139 Å². The lowest BCUT2D eigenvalue weighted by atomic mass is 10.2. The Hall–Kier alpha value is -2.48. The van der Waals surface area contributed by atoms with Gasteiger partial charge in [-0.25, -0.2) is 17.8 Å². The Morgan fingerprint density at radius 1 is 1.33 bits per heavy atom. The summed E-state index contributed by atoms with van der Waals surface area (Å²) in [6.45, 7) is 1.36. The van der Waals surface area contributed by atoms with Gasteiger partial charge in [-0.1, -0.05) is 12.1 Å². The molecular formula is C16H17FN2O4S. The van der Waals surface area contributed by atoms with Crippen molar-refractivity contribution < 1.29 is 22.3 Å². The molecule has 1 aromatic heterocycles. The van der Waals surface area contributed by atoms with Gasteiger partial charge < -0.3 is 10.1 Å². The molecular weight excluding hydrogens is 335 g/mol. The second-order valence-corrected chi connectivity index (χ2v) is 7.58. The van der Waals surface area contributed by atoms with E-state index in [0.29, 0.717) is 5.56 Å². The fourth-order valence-corrected chi connectivity index (χ4v) is 2.29. The van der Waals surface area contributed by atoms with E-state index in [4.69, 9.17) is 4.74 Å². The highest BCUT2D eigenvalue weighted by Gasteiger charge is 2.23. The van der Waals surface area contributed by atoms with Crippen molar-refractivity contribution in [3.8, 4) is 11.6 Å². The number of aromatic nitrogens is 1. The van der Waals surface area contributed by atoms with Crippen LogP contribution in [0.1, 0.15) is 12.5 Å². The van der Waals surface area contributed by atoms with Crippen molar-refractivity contribution in [1.29, 1.82) is 0 Å². The van der Waals surface area contributed by atoms with Crippen LogP contribution in [0, 0.1) is 5.82 Å². The van der Waals surface area contributed by atoms with E-state index in [2.05, 4.69) is 10.3 Å². The third-order valence-electron chi connectivity index (χ3n) is 3.33. The molecule has 6 nitrogen and oxygen atoms in total. The van der Waals surface area contributed by atoms with Gasteiger partial charge in [0.2, 0.25) is 11.8 Å². The van der Waals surface area contributed by atoms with Gasteiger partial charge >= 0.3 is 0 Å². The van der Waals surface area contributed by atoms with Crippen molar-refractivity contribution in [2.24, 2.45) is 0 Å². The zero-order chi connectivity index (χ0) is 17.7. The zero-order valence-corrected chi connectivity index (χ0v) is 14.0. The third kappa shape index (κ3) is 4.76. The molecule has 0 unspecified atom stereocenters. The summed E-state index contributed by atoms with van der Waals surface area (Å²) in [7, 11) is -3.47. The van der Waals surface area contributed by atoms with Crippen LogP contribution in [0.3, 0.4) is 0 Å². The van der Waals surface area contributed by atoms with Crippen molar-refractivity contribution in [1.82, 2.24) is 10.3 Å². The van der Waals surface area contributed by atoms with Crippen LogP contribution in [-0.2, 0) is 21.2 Å². The average Bonchev–Trinajstić information content (AvgIpc) is 2.52. The molecule has 128 valence electrons. The van der Waals surface area contributed by atoms with Gasteiger partial charge in [-0.3, -0.25) is 4.79 Å². The Morgan fingerprint density at radius 2 is 2.08 bits per heavy atom. The molecule has 0 bridgehead atoms. The monoisotopic (exact) mass is 352 g/mol. The number of ether oxygens (including phenoxy) is 1. The third-order valence-corrected chi connectivity index (χ3v) is 4.82. The summed E-state index contributed by atoms with van der Waals surface area (Å²) in [6, 6.07) is 8.91. The summed E-state index contributed by atoms with van der Waals surface area (Å²) < 4.78 is 41.5. The molecule has 0 saturated heterocycles. The molecule has 0 saturated carbocycles. The molecule has 0 aliphatic rings. The van der Waals surface area contributed by atoms with Crippen LogP contribution in [0.5, 0.6) is 11.6 Å². The molecule has 0 aliphatic heterocycles. The molecule has 0 aliphatic carbocycles. The SMILES string of the molecule is C[C@H](C(=O)NCc1cccnc1Oc1cccc(F)c1)S(C)(=O)=O. The molecule has 1 heterocycles. The number of carbonyl (C=O) groups excluding carboxylic acids is 1. The molecule has 0 fully saturated rings. The normalized spacial score (nSPS) is 12.5. The number of nitrogens with one attached hydrogen (secondary N) is 1. The molecule has 2 rings (SSSR count). The summed E-state index contributed by atoms with van der Waals surface area (Å²) in [4.78, 5) is 15.9. The lowest BCUT2D eigenvalue weighted by Gasteiger charge is -2.13. The van der Waals surface area contributed by atoms with Gasteiger partial charge in [0, 0.05) is 30.6 Å². The molecule has 1 N–H and O–H groups in total. The van der Waals surface area contributed by atoms with Crippen molar-refractivity contribution >= 4 is 15.7 Å². The number of halogens is 1. The number of hydrogen-bond acceptors (Lipinski definition) is 5. The lowest BCUT2D eigenvalue weighted by Crippen LogP contribution is -2.37. The molecule has 2 aromatic rings. The van der Waals surface area contributed by atoms with Crippen molar-refractivity contribution in [3.63, 3.8) is 0 Å². The molecule has 1 atom stereocenters. The fraction of sp³-hybridized carbons (Fsp3) is 0.250. The van der Waals surface area contributed by atoms with Gasteiger partial charge in [-0.05, 0) is 25.1 Å². The van der Waals surface area contributed by atoms with Crippen LogP contribution in [-0.4, -0.2) is 30.8 Å². The molecule has 0 spiro atoms. The predicted molar refractivity (Wildman–Crippen MR) is 86.9 cm³/mol. The first-order valence-electron chi connectivity index (χ1n) is 7.11. The van der Waals surface area contributed by atoms with Crippen molar-refractivity contribution in [2.45, 2.75) is 18.7 Å². The summed E-state index contributed by atoms with van der Waals surface area (Å²) in [6.07, 6.45) is 2.50. The number of sulfone groups is 1. The number of benzene rings is 1. The van der Waals surface area contributed by atoms with E-state index in [-0.39, 0.29) is 18.2 Å². The van der Waals surface area contributed by atoms with Crippen LogP contribution < -0.4 is 10.1 Å². The van der Waals surface area contributed by atoms with Crippen LogP contribution >= 0.6 is 0 Å². The zero-order valence-electron chi connectivity index (χ0n) is 13.2. The Balaban J connectivity index is 2.10. The highest BCUT2D eigenvalue weighted by molar-refractivity contribution is 7.92. The number of carbonyl (C=O) groups is 1. The van der Waals surface area contributed by atoms with E-state index in [9.17, 15) is 17.6 Å². The molecule has 24 heavy (non-hydrogen) atoms. The highest BCUT2D eigenvalue weighted by atomic mass is 32.2. The van der Waals surface area contributed by atoms with Gasteiger partial charge in [0.25, 0.3) is 0 Å². The van der Waals surface area contributed by atoms with Gasteiger partial charge in [0.1, 0.15) is 16.8 Å². The first kappa shape index (κ1) is 17.9. The topological polar surface area (TPSA) is 85.4 Å². The maximum Gasteiger partial charge on any atom is 0.238 e. The number of rotatable bonds is 6. The van der Waals surface area contributed by atoms with Crippen LogP contribution in [0.2, 0.25) is 0 Å². The number of pyridine rings is 1. The molecule has 1 amide bonds. The number of amides is 1. The number of nitrogens with zero attached hydrogens (tertiary/aromatic N) is 1. The van der Waals surface area contributed by atoms with Gasteiger partial charge in [-0.2, -0.15) is 0 Å². The van der Waals surface area contributed by atoms with Gasteiger partial charge in [0.05, 0.1) is 0 Å². The van der Waals surface area contributed by atoms with E-state index < -0.39 is 26.8 Å². The predicted octanol–water partition coefficient (Wildman–Crippen LogP) is 2.06. The minimum Gasteiger partial charge on any atom is -0.439 e. The van der Waals surface area contributed by atoms with E-state index >= 15 is 0 Å². The second kappa shape index (κ2) is 7.39. The maximum atomic E-state index is 13.2. The maximum absolute atomic E-state index is 13.2. The minimum atomic E-state index is -3.47. The lowest BCUT2D eigenvalue weighted by molar-refractivity contribution is -0.120. The summed E-state index contributed by atoms with van der Waals surface area (Å²) >= 11 is 0. The summed E-state index contributed by atoms with van der Waals surface area (Å²) in [5.41, 5.74) is 0.538. The van der Waals surface area contributed by atoms with Gasteiger partial charge in [0.15, 0.2) is 9.84 Å². The average molecular weight is 352 g/mol. The molecule has 1 aromatic carbocycles. The van der Waals surface area contributed by atoms with Crippen molar-refractivity contribution in [2.75, 3.05) is 6.26 Å². The second-order valence-electron chi connectivity index (χ2n) is 5.22. The van der Waals surface area contributed by atoms with E-state index in [0.717, 1.165) is 6.26 Å². The standard InChI is InChI=1S/C16H17FN2O4S/c1-11(24(2,21)22)15(20)19-10-12-5-4-8-18-16(12)23-14-7-3-6-13(17)9-14/h3-9,11H,10H2,1-2H3,(H,19,20)/t11-/m1/s1. The Bertz CT molecular complexity index is 839. The van der Waals surface area contributed by atoms with Crippen molar-refractivity contribution in [3.05, 3.63) is 54.0 Å². The summed E-state index contributed by atoms with van der Waals surface area (Å²) in [5.74, 6) is -0.584. The number of hydrogen-bond donors (Lipinski definition) is 1. The van der Waals surface area contributed by atoms with E-state index in [1.807, 2.05) is 0 Å².